The normalized spacial score (nSPS) is 22.5. The smallest absolute Gasteiger partial charge is 0.339 e. The van der Waals surface area contributed by atoms with Crippen molar-refractivity contribution in [1.82, 2.24) is 15.0 Å². The van der Waals surface area contributed by atoms with Crippen molar-refractivity contribution in [3.05, 3.63) is 71.3 Å². The lowest BCUT2D eigenvalue weighted by Crippen LogP contribution is -2.37. The minimum atomic E-state index is -0.812. The number of benzene rings is 1. The lowest BCUT2D eigenvalue weighted by atomic mass is 9.75. The van der Waals surface area contributed by atoms with Crippen LogP contribution in [0.2, 0.25) is 0 Å². The van der Waals surface area contributed by atoms with Gasteiger partial charge in [0.15, 0.2) is 18.2 Å². The molecule has 30 heavy (non-hydrogen) atoms. The first-order valence-electron chi connectivity index (χ1n) is 9.79. The molecule has 2 aliphatic rings. The molecule has 0 saturated heterocycles. The number of esters is 1. The standard InChI is InChI=1S/C21H19N5O4/c27-19(23-18-12-22-26(24-18)15-4-2-1-3-5-15)14-6-9-21(10-7-14)17-13-25(29)11-8-16(17)20(28)30-21/h1-5,8,11-14H,6-7,9-10H2,(H,23,24,27)/t14-,21+. The molecule has 1 saturated carbocycles. The Morgan fingerprint density at radius 3 is 2.77 bits per heavy atom. The molecule has 1 aliphatic heterocycles. The highest BCUT2D eigenvalue weighted by Crippen LogP contribution is 2.47. The summed E-state index contributed by atoms with van der Waals surface area (Å²) in [7, 11) is 0. The van der Waals surface area contributed by atoms with E-state index in [0.717, 1.165) is 5.69 Å². The summed E-state index contributed by atoms with van der Waals surface area (Å²) in [5, 5.41) is 23.0. The summed E-state index contributed by atoms with van der Waals surface area (Å²) >= 11 is 0. The predicted octanol–water partition coefficient (Wildman–Crippen LogP) is 2.10. The highest BCUT2D eigenvalue weighted by Gasteiger charge is 2.50. The second kappa shape index (κ2) is 6.94. The van der Waals surface area contributed by atoms with E-state index in [1.807, 2.05) is 30.3 Å². The number of fused-ring (bicyclic) bond motifs is 2. The van der Waals surface area contributed by atoms with E-state index in [1.165, 1.54) is 29.5 Å². The zero-order valence-corrected chi connectivity index (χ0v) is 16.0. The molecule has 5 rings (SSSR count). The Morgan fingerprint density at radius 1 is 1.23 bits per heavy atom. The lowest BCUT2D eigenvalue weighted by molar-refractivity contribution is -0.606. The first-order chi connectivity index (χ1) is 14.5. The number of ether oxygens (including phenoxy) is 1. The minimum Gasteiger partial charge on any atom is -0.619 e. The summed E-state index contributed by atoms with van der Waals surface area (Å²) in [6.07, 6.45) is 6.27. The molecule has 0 bridgehead atoms. The molecule has 2 aromatic heterocycles. The number of nitrogens with zero attached hydrogens (tertiary/aromatic N) is 4. The van der Waals surface area contributed by atoms with E-state index in [0.29, 0.717) is 47.4 Å². The van der Waals surface area contributed by atoms with E-state index in [9.17, 15) is 14.8 Å². The fourth-order valence-electron chi connectivity index (χ4n) is 4.26. The zero-order chi connectivity index (χ0) is 20.7. The third-order valence-corrected chi connectivity index (χ3v) is 5.83. The van der Waals surface area contributed by atoms with Crippen LogP contribution in [-0.4, -0.2) is 26.9 Å². The van der Waals surface area contributed by atoms with E-state index in [2.05, 4.69) is 15.5 Å². The number of aromatic nitrogens is 4. The molecule has 9 nitrogen and oxygen atoms in total. The van der Waals surface area contributed by atoms with Crippen LogP contribution in [-0.2, 0) is 15.1 Å². The number of hydrogen-bond acceptors (Lipinski definition) is 6. The van der Waals surface area contributed by atoms with Gasteiger partial charge in [-0.05, 0) is 37.8 Å². The first kappa shape index (κ1) is 18.3. The Bertz CT molecular complexity index is 1120. The molecular formula is C21H19N5O4. The van der Waals surface area contributed by atoms with Crippen LogP contribution in [0.5, 0.6) is 0 Å². The van der Waals surface area contributed by atoms with Gasteiger partial charge >= 0.3 is 5.97 Å². The number of anilines is 1. The number of carbonyl (C=O) groups excluding carboxylic acids is 2. The molecule has 3 heterocycles. The van der Waals surface area contributed by atoms with Gasteiger partial charge in [0.2, 0.25) is 5.91 Å². The number of carbonyl (C=O) groups is 2. The van der Waals surface area contributed by atoms with Crippen molar-refractivity contribution < 1.29 is 19.1 Å². The molecule has 1 amide bonds. The van der Waals surface area contributed by atoms with Crippen LogP contribution >= 0.6 is 0 Å². The largest absolute Gasteiger partial charge is 0.619 e. The van der Waals surface area contributed by atoms with Gasteiger partial charge in [-0.15, -0.1) is 9.90 Å². The van der Waals surface area contributed by atoms with Gasteiger partial charge in [0.25, 0.3) is 0 Å². The Morgan fingerprint density at radius 2 is 2.00 bits per heavy atom. The summed E-state index contributed by atoms with van der Waals surface area (Å²) in [5.41, 5.74) is 1.04. The van der Waals surface area contributed by atoms with Gasteiger partial charge in [-0.3, -0.25) is 4.79 Å². The van der Waals surface area contributed by atoms with Gasteiger partial charge < -0.3 is 15.3 Å². The molecule has 0 radical (unpaired) electrons. The maximum Gasteiger partial charge on any atom is 0.339 e. The van der Waals surface area contributed by atoms with Crippen LogP contribution < -0.4 is 10.0 Å². The molecule has 1 aliphatic carbocycles. The summed E-state index contributed by atoms with van der Waals surface area (Å²) in [5.74, 6) is -0.398. The highest BCUT2D eigenvalue weighted by atomic mass is 16.6. The van der Waals surface area contributed by atoms with E-state index in [1.54, 1.807) is 0 Å². The second-order valence-corrected chi connectivity index (χ2v) is 7.63. The van der Waals surface area contributed by atoms with Crippen LogP contribution in [0.3, 0.4) is 0 Å². The fraction of sp³-hybridized carbons (Fsp3) is 0.286. The molecule has 9 heteroatoms. The third kappa shape index (κ3) is 3.08. The van der Waals surface area contributed by atoms with Crippen molar-refractivity contribution in [2.24, 2.45) is 5.92 Å². The van der Waals surface area contributed by atoms with Crippen molar-refractivity contribution in [2.45, 2.75) is 31.3 Å². The van der Waals surface area contributed by atoms with Crippen LogP contribution in [0.15, 0.2) is 55.0 Å². The molecule has 1 spiro atoms. The summed E-state index contributed by atoms with van der Waals surface area (Å²) in [4.78, 5) is 26.4. The SMILES string of the molecule is O=C1O[C@]2(CC[C@@H](C(=O)Nc3cnn(-c4ccccc4)n3)CC2)c2c[n+]([O-])ccc21. The third-order valence-electron chi connectivity index (χ3n) is 5.83. The Labute approximate surface area is 171 Å². The van der Waals surface area contributed by atoms with Crippen molar-refractivity contribution in [2.75, 3.05) is 5.32 Å². The number of pyridine rings is 1. The Hall–Kier alpha value is -3.75. The van der Waals surface area contributed by atoms with Gasteiger partial charge in [-0.1, -0.05) is 18.2 Å². The highest BCUT2D eigenvalue weighted by molar-refractivity contribution is 5.95. The molecule has 1 aromatic carbocycles. The first-order valence-corrected chi connectivity index (χ1v) is 9.79. The number of hydrogen-bond donors (Lipinski definition) is 1. The van der Waals surface area contributed by atoms with Gasteiger partial charge in [0.1, 0.15) is 5.60 Å². The molecule has 152 valence electrons. The molecule has 0 atom stereocenters. The molecule has 0 unspecified atom stereocenters. The van der Waals surface area contributed by atoms with Gasteiger partial charge in [-0.25, -0.2) is 4.79 Å². The van der Waals surface area contributed by atoms with Crippen LogP contribution in [0.25, 0.3) is 5.69 Å². The number of para-hydroxylation sites is 1. The average molecular weight is 405 g/mol. The van der Waals surface area contributed by atoms with E-state index >= 15 is 0 Å². The minimum absolute atomic E-state index is 0.138. The summed E-state index contributed by atoms with van der Waals surface area (Å²) in [6, 6.07) is 10.9. The van der Waals surface area contributed by atoms with Crippen molar-refractivity contribution in [3.63, 3.8) is 0 Å². The van der Waals surface area contributed by atoms with Gasteiger partial charge in [0.05, 0.1) is 23.0 Å². The Balaban J connectivity index is 1.26. The van der Waals surface area contributed by atoms with E-state index in [-0.39, 0.29) is 11.8 Å². The number of rotatable bonds is 3. The number of amides is 1. The molecule has 1 N–H and O–H groups in total. The predicted molar refractivity (Wildman–Crippen MR) is 104 cm³/mol. The fourth-order valence-corrected chi connectivity index (χ4v) is 4.26. The molecular weight excluding hydrogens is 386 g/mol. The topological polar surface area (TPSA) is 113 Å². The van der Waals surface area contributed by atoms with E-state index < -0.39 is 11.6 Å². The molecule has 1 fully saturated rings. The summed E-state index contributed by atoms with van der Waals surface area (Å²) in [6.45, 7) is 0. The second-order valence-electron chi connectivity index (χ2n) is 7.63. The lowest BCUT2D eigenvalue weighted by Gasteiger charge is -2.35. The van der Waals surface area contributed by atoms with Crippen molar-refractivity contribution >= 4 is 17.7 Å². The zero-order valence-electron chi connectivity index (χ0n) is 16.0. The maximum absolute atomic E-state index is 12.7. The monoisotopic (exact) mass is 405 g/mol. The van der Waals surface area contributed by atoms with Crippen molar-refractivity contribution in [3.8, 4) is 5.69 Å². The van der Waals surface area contributed by atoms with E-state index in [4.69, 9.17) is 4.74 Å². The van der Waals surface area contributed by atoms with Crippen LogP contribution in [0.4, 0.5) is 5.82 Å². The maximum atomic E-state index is 12.7. The quantitative estimate of drug-likeness (QED) is 0.406. The summed E-state index contributed by atoms with van der Waals surface area (Å²) < 4.78 is 6.34. The number of nitrogens with one attached hydrogen (secondary N) is 1. The van der Waals surface area contributed by atoms with Crippen LogP contribution in [0.1, 0.15) is 41.6 Å². The Kier molecular flexibility index (Phi) is 4.23. The van der Waals surface area contributed by atoms with Gasteiger partial charge in [-0.2, -0.15) is 9.83 Å². The van der Waals surface area contributed by atoms with Crippen molar-refractivity contribution in [1.29, 1.82) is 0 Å². The molecule has 3 aromatic rings. The van der Waals surface area contributed by atoms with Crippen LogP contribution in [0, 0.1) is 11.1 Å². The average Bonchev–Trinajstić information content (AvgIpc) is 3.32. The van der Waals surface area contributed by atoms with Gasteiger partial charge in [0, 0.05) is 12.0 Å².